The van der Waals surface area contributed by atoms with Gasteiger partial charge in [-0.2, -0.15) is 0 Å². The number of anilines is 2. The van der Waals surface area contributed by atoms with Crippen LogP contribution in [0.4, 0.5) is 11.6 Å². The van der Waals surface area contributed by atoms with Crippen LogP contribution in [0.5, 0.6) is 0 Å². The fraction of sp³-hybridized carbons (Fsp3) is 0.200. The third-order valence-corrected chi connectivity index (χ3v) is 3.96. The predicted octanol–water partition coefficient (Wildman–Crippen LogP) is 3.66. The van der Waals surface area contributed by atoms with Crippen LogP contribution in [0.3, 0.4) is 0 Å². The standard InChI is InChI=1S/C20H21N5O/c1-13-10-14(2)18(15(3)11-13)25-19(26)17-7-9-22-20(24-17)23-12-16-6-4-5-8-21-16/h4-11H,12H2,1-3H3,(H,25,26)(H,22,23,24). The first-order valence-electron chi connectivity index (χ1n) is 8.39. The number of pyridine rings is 1. The highest BCUT2D eigenvalue weighted by molar-refractivity contribution is 6.03. The summed E-state index contributed by atoms with van der Waals surface area (Å²) in [6.45, 7) is 6.49. The van der Waals surface area contributed by atoms with Gasteiger partial charge in [0.25, 0.3) is 5.91 Å². The second-order valence-corrected chi connectivity index (χ2v) is 6.17. The zero-order valence-electron chi connectivity index (χ0n) is 15.1. The summed E-state index contributed by atoms with van der Waals surface area (Å²) < 4.78 is 0. The summed E-state index contributed by atoms with van der Waals surface area (Å²) >= 11 is 0. The lowest BCUT2D eigenvalue weighted by molar-refractivity contribution is 0.102. The zero-order valence-corrected chi connectivity index (χ0v) is 15.1. The summed E-state index contributed by atoms with van der Waals surface area (Å²) in [4.78, 5) is 25.3. The van der Waals surface area contributed by atoms with Gasteiger partial charge in [-0.3, -0.25) is 9.78 Å². The van der Waals surface area contributed by atoms with Gasteiger partial charge in [0.05, 0.1) is 12.2 Å². The van der Waals surface area contributed by atoms with Crippen molar-refractivity contribution in [2.75, 3.05) is 10.6 Å². The van der Waals surface area contributed by atoms with E-state index in [1.54, 1.807) is 18.5 Å². The van der Waals surface area contributed by atoms with Crippen molar-refractivity contribution >= 4 is 17.5 Å². The molecule has 6 heteroatoms. The van der Waals surface area contributed by atoms with E-state index < -0.39 is 0 Å². The molecule has 132 valence electrons. The molecule has 2 heterocycles. The highest BCUT2D eigenvalue weighted by Gasteiger charge is 2.12. The number of carbonyl (C=O) groups excluding carboxylic acids is 1. The first-order chi connectivity index (χ1) is 12.5. The van der Waals surface area contributed by atoms with Crippen LogP contribution in [-0.2, 0) is 6.54 Å². The Morgan fingerprint density at radius 1 is 1.00 bits per heavy atom. The van der Waals surface area contributed by atoms with Crippen LogP contribution in [0, 0.1) is 20.8 Å². The minimum absolute atomic E-state index is 0.261. The number of hydrogen-bond donors (Lipinski definition) is 2. The summed E-state index contributed by atoms with van der Waals surface area (Å²) in [7, 11) is 0. The average molecular weight is 347 g/mol. The number of hydrogen-bond acceptors (Lipinski definition) is 5. The van der Waals surface area contributed by atoms with Crippen molar-refractivity contribution in [2.24, 2.45) is 0 Å². The first kappa shape index (κ1) is 17.5. The number of nitrogens with zero attached hydrogens (tertiary/aromatic N) is 3. The van der Waals surface area contributed by atoms with Crippen LogP contribution >= 0.6 is 0 Å². The molecule has 26 heavy (non-hydrogen) atoms. The molecule has 0 spiro atoms. The van der Waals surface area contributed by atoms with Crippen molar-refractivity contribution in [2.45, 2.75) is 27.3 Å². The van der Waals surface area contributed by atoms with Crippen LogP contribution in [-0.4, -0.2) is 20.9 Å². The van der Waals surface area contributed by atoms with Crippen molar-refractivity contribution in [1.82, 2.24) is 15.0 Å². The maximum Gasteiger partial charge on any atom is 0.274 e. The number of aromatic nitrogens is 3. The van der Waals surface area contributed by atoms with E-state index in [9.17, 15) is 4.79 Å². The molecule has 0 fully saturated rings. The fourth-order valence-corrected chi connectivity index (χ4v) is 2.80. The largest absolute Gasteiger partial charge is 0.349 e. The molecule has 0 bridgehead atoms. The smallest absolute Gasteiger partial charge is 0.274 e. The number of rotatable bonds is 5. The number of benzene rings is 1. The number of amides is 1. The Bertz CT molecular complexity index is 901. The molecule has 0 saturated heterocycles. The van der Waals surface area contributed by atoms with Gasteiger partial charge in [0.1, 0.15) is 5.69 Å². The SMILES string of the molecule is Cc1cc(C)c(NC(=O)c2ccnc(NCc3ccccn3)n2)c(C)c1. The Kier molecular flexibility index (Phi) is 5.22. The summed E-state index contributed by atoms with van der Waals surface area (Å²) in [5.74, 6) is 0.129. The highest BCUT2D eigenvalue weighted by Crippen LogP contribution is 2.22. The number of aryl methyl sites for hydroxylation is 3. The first-order valence-corrected chi connectivity index (χ1v) is 8.39. The molecular weight excluding hydrogens is 326 g/mol. The molecule has 3 aromatic rings. The van der Waals surface area contributed by atoms with Gasteiger partial charge in [0.15, 0.2) is 0 Å². The molecule has 1 aromatic carbocycles. The van der Waals surface area contributed by atoms with E-state index in [0.717, 1.165) is 22.5 Å². The lowest BCUT2D eigenvalue weighted by atomic mass is 10.1. The molecule has 6 nitrogen and oxygen atoms in total. The highest BCUT2D eigenvalue weighted by atomic mass is 16.1. The molecule has 0 unspecified atom stereocenters. The van der Waals surface area contributed by atoms with Crippen LogP contribution in [0.1, 0.15) is 32.9 Å². The summed E-state index contributed by atoms with van der Waals surface area (Å²) in [6.07, 6.45) is 3.30. The Morgan fingerprint density at radius 2 is 1.77 bits per heavy atom. The van der Waals surface area contributed by atoms with E-state index in [1.165, 1.54) is 5.56 Å². The Balaban J connectivity index is 1.72. The van der Waals surface area contributed by atoms with Gasteiger partial charge in [0, 0.05) is 18.1 Å². The van der Waals surface area contributed by atoms with Gasteiger partial charge in [-0.05, 0) is 50.1 Å². The summed E-state index contributed by atoms with van der Waals surface area (Å²) in [5, 5.41) is 6.04. The summed E-state index contributed by atoms with van der Waals surface area (Å²) in [5.41, 5.74) is 5.22. The van der Waals surface area contributed by atoms with Crippen molar-refractivity contribution < 1.29 is 4.79 Å². The maximum absolute atomic E-state index is 12.6. The Morgan fingerprint density at radius 3 is 2.46 bits per heavy atom. The second kappa shape index (κ2) is 7.74. The lowest BCUT2D eigenvalue weighted by Crippen LogP contribution is -2.17. The molecule has 0 aliphatic heterocycles. The molecule has 0 atom stereocenters. The Hall–Kier alpha value is -3.28. The topological polar surface area (TPSA) is 79.8 Å². The molecule has 3 rings (SSSR count). The van der Waals surface area contributed by atoms with E-state index in [-0.39, 0.29) is 5.91 Å². The third-order valence-electron chi connectivity index (χ3n) is 3.96. The Labute approximate surface area is 152 Å². The quantitative estimate of drug-likeness (QED) is 0.736. The van der Waals surface area contributed by atoms with Crippen molar-refractivity contribution in [3.63, 3.8) is 0 Å². The van der Waals surface area contributed by atoms with E-state index in [2.05, 4.69) is 25.6 Å². The molecule has 1 amide bonds. The third kappa shape index (κ3) is 4.22. The molecular formula is C20H21N5O. The van der Waals surface area contributed by atoms with Gasteiger partial charge < -0.3 is 10.6 Å². The van der Waals surface area contributed by atoms with Crippen molar-refractivity contribution in [1.29, 1.82) is 0 Å². The predicted molar refractivity (Wildman–Crippen MR) is 102 cm³/mol. The van der Waals surface area contributed by atoms with E-state index in [1.807, 2.05) is 51.1 Å². The number of nitrogens with one attached hydrogen (secondary N) is 2. The van der Waals surface area contributed by atoms with E-state index >= 15 is 0 Å². The van der Waals surface area contributed by atoms with Gasteiger partial charge in [-0.15, -0.1) is 0 Å². The number of carbonyl (C=O) groups is 1. The molecule has 0 radical (unpaired) electrons. The summed E-state index contributed by atoms with van der Waals surface area (Å²) in [6, 6.07) is 11.4. The van der Waals surface area contributed by atoms with Crippen LogP contribution in [0.15, 0.2) is 48.8 Å². The minimum Gasteiger partial charge on any atom is -0.349 e. The normalized spacial score (nSPS) is 10.4. The monoisotopic (exact) mass is 347 g/mol. The minimum atomic E-state index is -0.261. The molecule has 2 N–H and O–H groups in total. The van der Waals surface area contributed by atoms with Crippen molar-refractivity contribution in [3.05, 3.63) is 76.9 Å². The lowest BCUT2D eigenvalue weighted by Gasteiger charge is -2.13. The van der Waals surface area contributed by atoms with Crippen LogP contribution in [0.2, 0.25) is 0 Å². The van der Waals surface area contributed by atoms with Gasteiger partial charge in [-0.1, -0.05) is 23.8 Å². The van der Waals surface area contributed by atoms with Gasteiger partial charge in [-0.25, -0.2) is 9.97 Å². The molecule has 0 aliphatic rings. The van der Waals surface area contributed by atoms with E-state index in [0.29, 0.717) is 18.2 Å². The fourth-order valence-electron chi connectivity index (χ4n) is 2.80. The van der Waals surface area contributed by atoms with Gasteiger partial charge in [0.2, 0.25) is 5.95 Å². The van der Waals surface area contributed by atoms with Crippen LogP contribution in [0.25, 0.3) is 0 Å². The maximum atomic E-state index is 12.6. The van der Waals surface area contributed by atoms with Crippen LogP contribution < -0.4 is 10.6 Å². The molecule has 0 aliphatic carbocycles. The average Bonchev–Trinajstić information content (AvgIpc) is 2.64. The molecule has 2 aromatic heterocycles. The second-order valence-electron chi connectivity index (χ2n) is 6.17. The zero-order chi connectivity index (χ0) is 18.5. The van der Waals surface area contributed by atoms with Gasteiger partial charge >= 0.3 is 0 Å². The van der Waals surface area contributed by atoms with Crippen molar-refractivity contribution in [3.8, 4) is 0 Å². The molecule has 0 saturated carbocycles. The van der Waals surface area contributed by atoms with E-state index in [4.69, 9.17) is 0 Å².